The maximum Gasteiger partial charge on any atom is 0.408 e. The van der Waals surface area contributed by atoms with Crippen molar-refractivity contribution >= 4 is 71.2 Å². The fourth-order valence-electron chi connectivity index (χ4n) is 7.75. The highest BCUT2D eigenvalue weighted by molar-refractivity contribution is 6.05. The number of ketones is 2. The van der Waals surface area contributed by atoms with Crippen LogP contribution in [0.25, 0.3) is 23.0 Å². The summed E-state index contributed by atoms with van der Waals surface area (Å²) in [5, 5.41) is 33.3. The molecule has 9 aromatic rings. The number of nitrogen functional groups attached to an aromatic ring is 3. The van der Waals surface area contributed by atoms with Gasteiger partial charge in [-0.05, 0) is 95.5 Å². The maximum atomic E-state index is 13.0. The first-order valence-electron chi connectivity index (χ1n) is 32.4. The number of carboxylic acids is 1. The minimum absolute atomic E-state index is 0.0313. The zero-order chi connectivity index (χ0) is 85.7. The number of ether oxygens (including phenoxy) is 5. The predicted octanol–water partition coefficient (Wildman–Crippen LogP) is 6.98. The smallest absolute Gasteiger partial charge is 0.408 e. The van der Waals surface area contributed by atoms with Gasteiger partial charge in [-0.1, -0.05) is 30.3 Å². The van der Waals surface area contributed by atoms with Crippen molar-refractivity contribution in [1.29, 1.82) is 0 Å². The Morgan fingerprint density at radius 2 is 1.00 bits per heavy atom. The highest BCUT2D eigenvalue weighted by atomic mass is 19.4. The van der Waals surface area contributed by atoms with E-state index in [1.54, 1.807) is 111 Å². The molecule has 12 N–H and O–H groups in total. The van der Waals surface area contributed by atoms with E-state index in [0.717, 1.165) is 42.6 Å². The van der Waals surface area contributed by atoms with Crippen LogP contribution in [0.15, 0.2) is 126 Å². The van der Waals surface area contributed by atoms with Crippen molar-refractivity contribution in [3.63, 3.8) is 0 Å². The molecule has 9 heterocycles. The summed E-state index contributed by atoms with van der Waals surface area (Å²) in [6, 6.07) is 18.8. The number of amides is 1. The lowest BCUT2D eigenvalue weighted by Gasteiger charge is -2.19. The van der Waals surface area contributed by atoms with Gasteiger partial charge in [-0.2, -0.15) is 39.5 Å². The first-order valence-corrected chi connectivity index (χ1v) is 32.4. The first kappa shape index (κ1) is 96.4. The molecule has 0 radical (unpaired) electrons. The number of halogens is 9. The van der Waals surface area contributed by atoms with E-state index in [1.807, 2.05) is 47.2 Å². The van der Waals surface area contributed by atoms with Gasteiger partial charge in [0.1, 0.15) is 88.5 Å². The minimum atomic E-state index is -4.47. The SMILES string of the molecule is CC(N)C(F)(F)F.CC(n1cnnc1-c1cccc(N)n1)C(F)(F)F.CN(C)C=NCC(=O)c1cccc(N=CN(C)C)n1.COC(=O)c1cccc(N)n1.COC(OC)N(C)C.COc1nn(C)cc1C(=O)Nc1cccc(-c2nncn2C(C)C(F)(F)F)n1.COc1nn(C)cc1C(=O)O.NCC(=O)c1cccc(N)n1. The van der Waals surface area contributed by atoms with E-state index in [2.05, 4.69) is 81.3 Å². The fraction of sp³-hybridized carbons (Fsp3) is 0.373. The number of aliphatic imine (C=N–C) groups is 2. The van der Waals surface area contributed by atoms with Gasteiger partial charge in [0.15, 0.2) is 28.9 Å². The molecule has 0 aliphatic carbocycles. The van der Waals surface area contributed by atoms with E-state index in [0.29, 0.717) is 28.8 Å². The third-order valence-corrected chi connectivity index (χ3v) is 13.3. The zero-order valence-electron chi connectivity index (χ0n) is 64.1. The van der Waals surface area contributed by atoms with E-state index in [4.69, 9.17) is 47.0 Å². The summed E-state index contributed by atoms with van der Waals surface area (Å²) in [5.74, 6) is -0.621. The number of nitrogens with one attached hydrogen (secondary N) is 1. The van der Waals surface area contributed by atoms with Crippen LogP contribution in [-0.4, -0.2) is 258 Å². The second-order valence-corrected chi connectivity index (χ2v) is 23.1. The molecule has 0 saturated heterocycles. The van der Waals surface area contributed by atoms with Gasteiger partial charge in [-0.3, -0.25) is 33.6 Å². The molecule has 37 nitrogen and oxygen atoms in total. The maximum absolute atomic E-state index is 13.0. The lowest BCUT2D eigenvalue weighted by molar-refractivity contribution is -0.179. The van der Waals surface area contributed by atoms with Crippen molar-refractivity contribution in [1.82, 2.24) is 88.7 Å². The van der Waals surface area contributed by atoms with Gasteiger partial charge in [0, 0.05) is 68.9 Å². The topological polar surface area (TPSA) is 490 Å². The van der Waals surface area contributed by atoms with Crippen LogP contribution in [0, 0.1) is 0 Å². The van der Waals surface area contributed by atoms with E-state index in [9.17, 15) is 63.5 Å². The Hall–Kier alpha value is -12.7. The summed E-state index contributed by atoms with van der Waals surface area (Å²) in [7, 11) is 21.8. The van der Waals surface area contributed by atoms with Gasteiger partial charge in [0.05, 0.1) is 46.6 Å². The number of hydrogen-bond acceptors (Lipinski definition) is 29. The first-order chi connectivity index (χ1) is 52.9. The lowest BCUT2D eigenvalue weighted by Crippen LogP contribution is -2.33. The highest BCUT2D eigenvalue weighted by Gasteiger charge is 2.40. The molecule has 0 aliphatic heterocycles. The molecule has 616 valence electrons. The molecule has 46 heteroatoms. The van der Waals surface area contributed by atoms with E-state index >= 15 is 0 Å². The summed E-state index contributed by atoms with van der Waals surface area (Å²) < 4.78 is 139. The summed E-state index contributed by atoms with van der Waals surface area (Å²) in [6.07, 6.45) is -5.17. The van der Waals surface area contributed by atoms with Crippen molar-refractivity contribution in [3.05, 3.63) is 144 Å². The second kappa shape index (κ2) is 46.7. The summed E-state index contributed by atoms with van der Waals surface area (Å²) in [4.78, 5) is 89.9. The Morgan fingerprint density at radius 3 is 1.40 bits per heavy atom. The zero-order valence-corrected chi connectivity index (χ0v) is 64.1. The van der Waals surface area contributed by atoms with Crippen LogP contribution in [0.5, 0.6) is 11.8 Å². The van der Waals surface area contributed by atoms with E-state index in [-0.39, 0.29) is 94.3 Å². The minimum Gasteiger partial charge on any atom is -0.479 e. The third-order valence-electron chi connectivity index (χ3n) is 13.3. The standard InChI is InChI=1S/C16H16F3N7O2.C13H19N5O.C10H10F3N5.C7H9N3O.C7H8N2O2.C6H8N2O3.C5H13NO2.C3H6F3N/c1-9(16(17,18)19)26-8-20-23-13(26)11-5-4-6-12(21-11)22-14(27)10-7-25(2)24-15(10)28-3;1-17(2)9-14-8-12(19)11-6-5-7-13(16-11)15-10-18(3)4;1-6(10(11,12)13)18-5-15-17-9(18)7-3-2-4-8(14)16-7;8-4-6(11)5-2-1-3-7(9)10-5;1-11-7(10)5-3-2-4-6(8)9-5;1-8-3-4(6(9)10)5(7-8)11-2;1-6(2)5(7-3)8-4;1-2(7)3(4,5)6/h4-9H,1-3H3,(H,21,22,27);5-7,9-10H,8H2,1-4H3;2-6H,1H3,(H2,14,16);1-3H,4,8H2,(H2,9,10);2-4H,1H3,(H2,8,9);3H,1-2H3,(H,9,10);5H,1-4H3;2H,7H2,1H3. The number of Topliss-reactive ketones (excluding diaryl/α,β-unsaturated/α-hetero) is 2. The van der Waals surface area contributed by atoms with Crippen molar-refractivity contribution < 1.29 is 92.3 Å². The third kappa shape index (κ3) is 34.0. The van der Waals surface area contributed by atoms with Crippen LogP contribution in [-0.2, 0) is 28.3 Å². The van der Waals surface area contributed by atoms with Gasteiger partial charge in [-0.15, -0.1) is 30.6 Å². The van der Waals surface area contributed by atoms with Crippen LogP contribution in [0.2, 0.25) is 0 Å². The Kier molecular flexibility index (Phi) is 39.9. The Morgan fingerprint density at radius 1 is 0.575 bits per heavy atom. The number of aromatic carboxylic acids is 1. The summed E-state index contributed by atoms with van der Waals surface area (Å²) in [6.45, 7) is 2.98. The number of aromatic nitrogens is 15. The van der Waals surface area contributed by atoms with Crippen LogP contribution in [0.1, 0.15) is 85.0 Å². The summed E-state index contributed by atoms with van der Waals surface area (Å²) >= 11 is 0. The second-order valence-electron chi connectivity index (χ2n) is 23.1. The van der Waals surface area contributed by atoms with Crippen molar-refractivity contribution in [2.24, 2.45) is 35.5 Å². The number of esters is 1. The van der Waals surface area contributed by atoms with Crippen LogP contribution < -0.4 is 43.5 Å². The number of alkyl halides is 9. The number of nitrogens with zero attached hydrogens (tertiary/aromatic N) is 20. The Balaban J connectivity index is 0.000000457. The average Bonchev–Trinajstić information content (AvgIpc) is 1.72. The molecule has 9 aromatic heterocycles. The van der Waals surface area contributed by atoms with Gasteiger partial charge >= 0.3 is 30.5 Å². The van der Waals surface area contributed by atoms with Gasteiger partial charge in [0.25, 0.3) is 5.91 Å². The normalized spacial score (nSPS) is 11.8. The lowest BCUT2D eigenvalue weighted by atomic mass is 10.2. The van der Waals surface area contributed by atoms with Gasteiger partial charge in [-0.25, -0.2) is 39.5 Å². The molecule has 0 aliphatic rings. The molecule has 0 bridgehead atoms. The largest absolute Gasteiger partial charge is 0.479 e. The quantitative estimate of drug-likeness (QED) is 0.00952. The number of aryl methyl sites for hydroxylation is 2. The molecular formula is C67H89F9N26O11. The molecule has 0 aromatic carbocycles. The number of hydrogen-bond donors (Lipinski definition) is 7. The monoisotopic (exact) mass is 1600 g/mol. The molecule has 0 fully saturated rings. The Labute approximate surface area is 642 Å². The summed E-state index contributed by atoms with van der Waals surface area (Å²) in [5.41, 5.74) is 27.3. The van der Waals surface area contributed by atoms with Crippen molar-refractivity contribution in [2.45, 2.75) is 63.8 Å². The number of methoxy groups -OCH3 is 5. The number of anilines is 4. The van der Waals surface area contributed by atoms with Gasteiger partial charge in [0.2, 0.25) is 24.0 Å². The molecule has 1 amide bonds. The Bertz CT molecular complexity index is 4430. The van der Waals surface area contributed by atoms with Crippen LogP contribution in [0.3, 0.4) is 0 Å². The molecule has 9 rings (SSSR count). The van der Waals surface area contributed by atoms with E-state index < -0.39 is 54.5 Å². The molecule has 3 unspecified atom stereocenters. The number of pyridine rings is 5. The average molecular weight is 1610 g/mol. The fourth-order valence-corrected chi connectivity index (χ4v) is 7.75. The number of nitrogens with two attached hydrogens (primary N) is 5. The predicted molar refractivity (Wildman–Crippen MR) is 398 cm³/mol. The molecular weight excluding hydrogens is 1520 g/mol. The number of carboxylic acid groups (broad SMARTS) is 1. The van der Waals surface area contributed by atoms with E-state index in [1.165, 1.54) is 73.4 Å². The van der Waals surface area contributed by atoms with Crippen molar-refractivity contribution in [2.75, 3.05) is 113 Å². The van der Waals surface area contributed by atoms with Crippen molar-refractivity contribution in [3.8, 4) is 34.8 Å². The van der Waals surface area contributed by atoms with Crippen LogP contribution in [0.4, 0.5) is 68.6 Å². The van der Waals surface area contributed by atoms with Gasteiger partial charge < -0.3 is 81.7 Å². The van der Waals surface area contributed by atoms with Crippen LogP contribution >= 0.6 is 0 Å². The molecule has 3 atom stereocenters. The number of rotatable bonds is 21. The molecule has 113 heavy (non-hydrogen) atoms. The molecule has 0 saturated carbocycles. The highest BCUT2D eigenvalue weighted by Crippen LogP contribution is 2.34. The number of carbonyl (C=O) groups is 5. The molecule has 0 spiro atoms. The number of carbonyl (C=O) groups excluding carboxylic acids is 4.